The first kappa shape index (κ1) is 28.5. The second-order valence-electron chi connectivity index (χ2n) is 9.02. The molecule has 2 rings (SSSR count). The second-order valence-corrected chi connectivity index (χ2v) is 9.02. The highest BCUT2D eigenvalue weighted by molar-refractivity contribution is 5.42. The van der Waals surface area contributed by atoms with E-state index in [1.165, 1.54) is 22.3 Å². The van der Waals surface area contributed by atoms with Crippen LogP contribution in [0.15, 0.2) is 48.5 Å². The smallest absolute Gasteiger partial charge is 0.165 e. The maximum atomic E-state index is 6.57. The van der Waals surface area contributed by atoms with Crippen LogP contribution in [-0.4, -0.2) is 54.7 Å². The Morgan fingerprint density at radius 2 is 1.21 bits per heavy atom. The Balaban J connectivity index is 2.34. The highest BCUT2D eigenvalue weighted by Crippen LogP contribution is 2.30. The maximum absolute atomic E-state index is 6.57. The van der Waals surface area contributed by atoms with E-state index in [0.717, 1.165) is 39.0 Å². The summed E-state index contributed by atoms with van der Waals surface area (Å²) in [7, 11) is 0. The molecule has 4 heteroatoms. The van der Waals surface area contributed by atoms with Gasteiger partial charge in [0.15, 0.2) is 6.29 Å². The Hall–Kier alpha value is -1.72. The number of hydrogen-bond donors (Lipinski definition) is 0. The van der Waals surface area contributed by atoms with Crippen molar-refractivity contribution in [3.8, 4) is 0 Å². The molecule has 4 nitrogen and oxygen atoms in total. The molecule has 0 saturated heterocycles. The minimum absolute atomic E-state index is 0.000375. The first-order valence-corrected chi connectivity index (χ1v) is 13.3. The van der Waals surface area contributed by atoms with Crippen molar-refractivity contribution in [1.29, 1.82) is 0 Å². The minimum Gasteiger partial charge on any atom is -0.334 e. The van der Waals surface area contributed by atoms with Gasteiger partial charge in [-0.15, -0.1) is 0 Å². The van der Waals surface area contributed by atoms with E-state index in [1.54, 1.807) is 0 Å². The lowest BCUT2D eigenvalue weighted by molar-refractivity contribution is -0.237. The van der Waals surface area contributed by atoms with Gasteiger partial charge in [0.25, 0.3) is 0 Å². The summed E-state index contributed by atoms with van der Waals surface area (Å²) < 4.78 is 13.1. The number of benzene rings is 2. The van der Waals surface area contributed by atoms with Gasteiger partial charge in [0.05, 0.1) is 0 Å². The van der Waals surface area contributed by atoms with E-state index in [0.29, 0.717) is 5.92 Å². The van der Waals surface area contributed by atoms with Gasteiger partial charge in [0.2, 0.25) is 0 Å². The summed E-state index contributed by atoms with van der Waals surface area (Å²) >= 11 is 0. The third-order valence-electron chi connectivity index (χ3n) is 7.17. The fourth-order valence-electron chi connectivity index (χ4n) is 5.00. The van der Waals surface area contributed by atoms with Crippen molar-refractivity contribution in [2.75, 3.05) is 26.2 Å². The number of ether oxygens (including phenoxy) is 2. The summed E-state index contributed by atoms with van der Waals surface area (Å²) in [6.07, 6.45) is 1.43. The SMILES string of the molecule is CCc1c(CC(OC(C)N(CC)CC)OC(C)N(CC)CC)cccc1C(C)c1ccccc1. The molecule has 190 valence electrons. The molecule has 0 aromatic heterocycles. The van der Waals surface area contributed by atoms with Crippen LogP contribution in [0.3, 0.4) is 0 Å². The molecule has 0 aliphatic rings. The molecule has 0 amide bonds. The van der Waals surface area contributed by atoms with Gasteiger partial charge in [-0.1, -0.05) is 90.1 Å². The van der Waals surface area contributed by atoms with E-state index < -0.39 is 0 Å². The van der Waals surface area contributed by atoms with Crippen molar-refractivity contribution >= 4 is 0 Å². The van der Waals surface area contributed by atoms with Crippen LogP contribution in [0.4, 0.5) is 0 Å². The molecule has 0 N–H and O–H groups in total. The van der Waals surface area contributed by atoms with Crippen LogP contribution < -0.4 is 0 Å². The van der Waals surface area contributed by atoms with Gasteiger partial charge in [0.1, 0.15) is 12.5 Å². The number of hydrogen-bond acceptors (Lipinski definition) is 4. The summed E-state index contributed by atoms with van der Waals surface area (Å²) in [6, 6.07) is 17.5. The zero-order valence-electron chi connectivity index (χ0n) is 22.9. The van der Waals surface area contributed by atoms with Crippen molar-refractivity contribution in [2.24, 2.45) is 0 Å². The first-order chi connectivity index (χ1) is 16.4. The van der Waals surface area contributed by atoms with E-state index in [9.17, 15) is 0 Å². The molecule has 3 unspecified atom stereocenters. The largest absolute Gasteiger partial charge is 0.334 e. The van der Waals surface area contributed by atoms with Crippen LogP contribution in [0.25, 0.3) is 0 Å². The predicted octanol–water partition coefficient (Wildman–Crippen LogP) is 6.68. The second kappa shape index (κ2) is 14.6. The summed E-state index contributed by atoms with van der Waals surface area (Å²) in [6.45, 7) is 21.4. The molecule has 0 saturated carbocycles. The Kier molecular flexibility index (Phi) is 12.3. The molecule has 0 bridgehead atoms. The van der Waals surface area contributed by atoms with Gasteiger partial charge in [-0.05, 0) is 68.7 Å². The third-order valence-corrected chi connectivity index (χ3v) is 7.17. The average Bonchev–Trinajstić information content (AvgIpc) is 2.85. The monoisotopic (exact) mass is 468 g/mol. The Labute approximate surface area is 209 Å². The topological polar surface area (TPSA) is 24.9 Å². The summed E-state index contributed by atoms with van der Waals surface area (Å²) in [5.74, 6) is 0.348. The van der Waals surface area contributed by atoms with Crippen LogP contribution >= 0.6 is 0 Å². The summed E-state index contributed by atoms with van der Waals surface area (Å²) in [4.78, 5) is 4.65. The van der Waals surface area contributed by atoms with E-state index in [2.05, 4.69) is 114 Å². The molecule has 0 spiro atoms. The lowest BCUT2D eigenvalue weighted by Crippen LogP contribution is -2.43. The van der Waals surface area contributed by atoms with Gasteiger partial charge in [-0.25, -0.2) is 0 Å². The molecule has 0 aliphatic carbocycles. The van der Waals surface area contributed by atoms with Crippen molar-refractivity contribution in [3.63, 3.8) is 0 Å². The molecule has 2 aromatic rings. The normalized spacial score (nSPS) is 15.5. The molecule has 3 atom stereocenters. The van der Waals surface area contributed by atoms with E-state index in [1.807, 2.05) is 0 Å². The van der Waals surface area contributed by atoms with E-state index >= 15 is 0 Å². The van der Waals surface area contributed by atoms with E-state index in [4.69, 9.17) is 9.47 Å². The molecule has 2 aromatic carbocycles. The molecule has 0 fully saturated rings. The van der Waals surface area contributed by atoms with Crippen molar-refractivity contribution in [3.05, 3.63) is 70.8 Å². The van der Waals surface area contributed by atoms with Gasteiger partial charge < -0.3 is 9.47 Å². The molecule has 0 radical (unpaired) electrons. The fourth-order valence-corrected chi connectivity index (χ4v) is 5.00. The van der Waals surface area contributed by atoms with Gasteiger partial charge in [0, 0.05) is 12.3 Å². The van der Waals surface area contributed by atoms with Crippen LogP contribution in [-0.2, 0) is 22.3 Å². The van der Waals surface area contributed by atoms with Crippen molar-refractivity contribution in [2.45, 2.75) is 92.9 Å². The zero-order chi connectivity index (χ0) is 25.1. The first-order valence-electron chi connectivity index (χ1n) is 13.3. The standard InChI is InChI=1S/C30H48N2O2/c1-9-28-27(20-17-21-29(28)23(6)26-18-15-14-16-19-26)22-30(33-24(7)31(10-2)11-3)34-25(8)32(12-4)13-5/h14-21,23-25,30H,9-13,22H2,1-8H3. The molecule has 0 heterocycles. The predicted molar refractivity (Wildman–Crippen MR) is 144 cm³/mol. The minimum atomic E-state index is -0.307. The zero-order valence-corrected chi connectivity index (χ0v) is 22.9. The quantitative estimate of drug-likeness (QED) is 0.272. The number of rotatable bonds is 15. The summed E-state index contributed by atoms with van der Waals surface area (Å²) in [5, 5.41) is 0. The van der Waals surface area contributed by atoms with Crippen LogP contribution in [0.2, 0.25) is 0 Å². The van der Waals surface area contributed by atoms with Gasteiger partial charge in [-0.3, -0.25) is 9.80 Å². The van der Waals surface area contributed by atoms with Gasteiger partial charge in [-0.2, -0.15) is 0 Å². The Morgan fingerprint density at radius 1 is 0.676 bits per heavy atom. The highest BCUT2D eigenvalue weighted by Gasteiger charge is 2.24. The lowest BCUT2D eigenvalue weighted by Gasteiger charge is -2.34. The third kappa shape index (κ3) is 7.64. The lowest BCUT2D eigenvalue weighted by atomic mass is 9.86. The Morgan fingerprint density at radius 3 is 1.68 bits per heavy atom. The highest BCUT2D eigenvalue weighted by atomic mass is 16.7. The Bertz CT molecular complexity index is 798. The molecular weight excluding hydrogens is 420 g/mol. The fraction of sp³-hybridized carbons (Fsp3) is 0.600. The maximum Gasteiger partial charge on any atom is 0.165 e. The van der Waals surface area contributed by atoms with Crippen molar-refractivity contribution < 1.29 is 9.47 Å². The molecular formula is C30H48N2O2. The van der Waals surface area contributed by atoms with E-state index in [-0.39, 0.29) is 18.7 Å². The number of nitrogens with zero attached hydrogens (tertiary/aromatic N) is 2. The average molecular weight is 469 g/mol. The molecule has 0 aliphatic heterocycles. The van der Waals surface area contributed by atoms with Crippen LogP contribution in [0, 0.1) is 0 Å². The van der Waals surface area contributed by atoms with Crippen LogP contribution in [0.5, 0.6) is 0 Å². The van der Waals surface area contributed by atoms with Crippen LogP contribution in [0.1, 0.15) is 83.6 Å². The van der Waals surface area contributed by atoms with Gasteiger partial charge >= 0.3 is 0 Å². The molecule has 34 heavy (non-hydrogen) atoms. The van der Waals surface area contributed by atoms with Crippen molar-refractivity contribution in [1.82, 2.24) is 9.80 Å². The summed E-state index contributed by atoms with van der Waals surface area (Å²) in [5.41, 5.74) is 5.50.